The van der Waals surface area contributed by atoms with Gasteiger partial charge >= 0.3 is 0 Å². The highest BCUT2D eigenvalue weighted by molar-refractivity contribution is 5.99. The fraction of sp³-hybridized carbons (Fsp3) is 0.474. The quantitative estimate of drug-likeness (QED) is 0.880. The average Bonchev–Trinajstić information content (AvgIpc) is 2.94. The summed E-state index contributed by atoms with van der Waals surface area (Å²) in [7, 11) is 0. The van der Waals surface area contributed by atoms with Gasteiger partial charge < -0.3 is 11.1 Å². The van der Waals surface area contributed by atoms with Crippen LogP contribution >= 0.6 is 0 Å². The Bertz CT molecular complexity index is 793. The molecule has 5 nitrogen and oxygen atoms in total. The lowest BCUT2D eigenvalue weighted by Crippen LogP contribution is -2.45. The second kappa shape index (κ2) is 6.26. The van der Waals surface area contributed by atoms with Crippen molar-refractivity contribution in [3.63, 3.8) is 0 Å². The third-order valence-electron chi connectivity index (χ3n) is 5.50. The highest BCUT2D eigenvalue weighted by Crippen LogP contribution is 2.41. The van der Waals surface area contributed by atoms with E-state index >= 15 is 0 Å². The second-order valence-electron chi connectivity index (χ2n) is 7.13. The number of nitrogens with one attached hydrogen (secondary N) is 1. The van der Waals surface area contributed by atoms with E-state index in [4.69, 9.17) is 10.8 Å². The molecule has 0 radical (unpaired) electrons. The summed E-state index contributed by atoms with van der Waals surface area (Å²) in [6, 6.07) is 5.85. The van der Waals surface area contributed by atoms with Crippen LogP contribution in [0.1, 0.15) is 60.9 Å². The van der Waals surface area contributed by atoms with Crippen LogP contribution in [0.5, 0.6) is 0 Å². The number of carbonyl (C=O) groups is 1. The number of fused-ring (bicyclic) bond motifs is 1. The molecule has 1 fully saturated rings. The first-order valence-electron chi connectivity index (χ1n) is 8.97. The molecule has 1 aliphatic heterocycles. The Kier molecular flexibility index (Phi) is 4.07. The van der Waals surface area contributed by atoms with Crippen molar-refractivity contribution in [1.29, 1.82) is 0 Å². The van der Waals surface area contributed by atoms with Crippen LogP contribution in [0.25, 0.3) is 0 Å². The molecule has 3 N–H and O–H groups in total. The van der Waals surface area contributed by atoms with E-state index in [-0.39, 0.29) is 17.6 Å². The number of nitrogens with zero attached hydrogens (tertiary/aromatic N) is 2. The largest absolute Gasteiger partial charge is 0.319 e. The molecule has 4 rings (SSSR count). The number of amides is 1. The number of aryl methyl sites for hydroxylation is 1. The number of halogens is 1. The molecule has 2 atom stereocenters. The SMILES string of the molecule is Cc1nn(C2CCCCC2)c2c1[C@H](c1ccc(F)cc1)[C@@H](N)C(=O)N2. The highest BCUT2D eigenvalue weighted by Gasteiger charge is 2.39. The van der Waals surface area contributed by atoms with Crippen LogP contribution in [-0.2, 0) is 4.79 Å². The minimum atomic E-state index is -0.708. The predicted octanol–water partition coefficient (Wildman–Crippen LogP) is 3.25. The number of benzene rings is 1. The van der Waals surface area contributed by atoms with Gasteiger partial charge in [-0.15, -0.1) is 0 Å². The molecule has 1 aliphatic carbocycles. The first-order valence-corrected chi connectivity index (χ1v) is 8.97. The van der Waals surface area contributed by atoms with Crippen molar-refractivity contribution in [3.8, 4) is 0 Å². The summed E-state index contributed by atoms with van der Waals surface area (Å²) in [4.78, 5) is 12.5. The summed E-state index contributed by atoms with van der Waals surface area (Å²) in [5, 5.41) is 7.72. The third-order valence-corrected chi connectivity index (χ3v) is 5.50. The molecule has 1 aromatic carbocycles. The first kappa shape index (κ1) is 16.3. The molecule has 25 heavy (non-hydrogen) atoms. The highest BCUT2D eigenvalue weighted by atomic mass is 19.1. The van der Waals surface area contributed by atoms with Crippen LogP contribution in [0.2, 0.25) is 0 Å². The number of nitrogens with two attached hydrogens (primary N) is 1. The van der Waals surface area contributed by atoms with Gasteiger partial charge in [0.1, 0.15) is 11.6 Å². The summed E-state index contributed by atoms with van der Waals surface area (Å²) >= 11 is 0. The molecule has 6 heteroatoms. The first-order chi connectivity index (χ1) is 12.1. The zero-order valence-electron chi connectivity index (χ0n) is 14.3. The van der Waals surface area contributed by atoms with Crippen molar-refractivity contribution in [3.05, 3.63) is 46.9 Å². The van der Waals surface area contributed by atoms with Gasteiger partial charge in [0.05, 0.1) is 17.8 Å². The fourth-order valence-electron chi connectivity index (χ4n) is 4.22. The summed E-state index contributed by atoms with van der Waals surface area (Å²) < 4.78 is 15.3. The van der Waals surface area contributed by atoms with Crippen molar-refractivity contribution in [2.75, 3.05) is 5.32 Å². The van der Waals surface area contributed by atoms with Gasteiger partial charge in [0.15, 0.2) is 0 Å². The van der Waals surface area contributed by atoms with Crippen LogP contribution in [0.15, 0.2) is 24.3 Å². The Hall–Kier alpha value is -2.21. The molecule has 0 spiro atoms. The monoisotopic (exact) mass is 342 g/mol. The van der Waals surface area contributed by atoms with Crippen LogP contribution < -0.4 is 11.1 Å². The van der Waals surface area contributed by atoms with E-state index < -0.39 is 6.04 Å². The van der Waals surface area contributed by atoms with E-state index in [2.05, 4.69) is 5.32 Å². The maximum atomic E-state index is 13.3. The number of rotatable bonds is 2. The van der Waals surface area contributed by atoms with E-state index in [1.54, 1.807) is 12.1 Å². The average molecular weight is 342 g/mol. The molecular formula is C19H23FN4O. The Balaban J connectivity index is 1.82. The maximum absolute atomic E-state index is 13.3. The normalized spacial score (nSPS) is 24.0. The van der Waals surface area contributed by atoms with Gasteiger partial charge in [-0.05, 0) is 37.5 Å². The van der Waals surface area contributed by atoms with Gasteiger partial charge in [0.25, 0.3) is 0 Å². The standard InChI is InChI=1S/C19H23FN4O/c1-11-15-16(12-7-9-13(20)10-8-12)17(21)19(25)22-18(15)24(23-11)14-5-3-2-4-6-14/h7-10,14,16-17H,2-6,21H2,1H3,(H,22,25)/t16-,17+/m0/s1. The smallest absolute Gasteiger partial charge is 0.243 e. The molecule has 1 amide bonds. The summed E-state index contributed by atoms with van der Waals surface area (Å²) in [5.41, 5.74) is 8.91. The Morgan fingerprint density at radius 1 is 1.20 bits per heavy atom. The van der Waals surface area contributed by atoms with Crippen molar-refractivity contribution in [1.82, 2.24) is 9.78 Å². The van der Waals surface area contributed by atoms with E-state index in [1.165, 1.54) is 31.4 Å². The number of hydrogen-bond donors (Lipinski definition) is 2. The number of hydrogen-bond acceptors (Lipinski definition) is 3. The number of anilines is 1. The van der Waals surface area contributed by atoms with Crippen molar-refractivity contribution in [2.45, 2.75) is 57.0 Å². The minimum Gasteiger partial charge on any atom is -0.319 e. The van der Waals surface area contributed by atoms with Crippen LogP contribution in [0.4, 0.5) is 10.2 Å². The molecule has 2 heterocycles. The van der Waals surface area contributed by atoms with E-state index in [9.17, 15) is 9.18 Å². The van der Waals surface area contributed by atoms with Crippen molar-refractivity contribution in [2.24, 2.45) is 5.73 Å². The zero-order valence-corrected chi connectivity index (χ0v) is 14.3. The zero-order chi connectivity index (χ0) is 17.6. The molecular weight excluding hydrogens is 319 g/mol. The number of aromatic nitrogens is 2. The van der Waals surface area contributed by atoms with Gasteiger partial charge in [-0.25, -0.2) is 9.07 Å². The molecule has 0 saturated heterocycles. The molecule has 2 aromatic rings. The molecule has 1 saturated carbocycles. The summed E-state index contributed by atoms with van der Waals surface area (Å²) in [5.74, 6) is -0.0432. The third kappa shape index (κ3) is 2.74. The Morgan fingerprint density at radius 3 is 2.56 bits per heavy atom. The summed E-state index contributed by atoms with van der Waals surface area (Å²) in [6.45, 7) is 1.96. The lowest BCUT2D eigenvalue weighted by molar-refractivity contribution is -0.118. The van der Waals surface area contributed by atoms with Gasteiger partial charge in [-0.2, -0.15) is 5.10 Å². The molecule has 1 aromatic heterocycles. The fourth-order valence-corrected chi connectivity index (χ4v) is 4.22. The second-order valence-corrected chi connectivity index (χ2v) is 7.13. The van der Waals surface area contributed by atoms with Crippen LogP contribution in [0.3, 0.4) is 0 Å². The maximum Gasteiger partial charge on any atom is 0.243 e. The van der Waals surface area contributed by atoms with Gasteiger partial charge in [0.2, 0.25) is 5.91 Å². The Labute approximate surface area is 146 Å². The van der Waals surface area contributed by atoms with Gasteiger partial charge in [-0.1, -0.05) is 31.4 Å². The van der Waals surface area contributed by atoms with Gasteiger partial charge in [0, 0.05) is 11.5 Å². The molecule has 132 valence electrons. The molecule has 2 aliphatic rings. The van der Waals surface area contributed by atoms with E-state index in [1.807, 2.05) is 11.6 Å². The van der Waals surface area contributed by atoms with Crippen LogP contribution in [-0.4, -0.2) is 21.7 Å². The van der Waals surface area contributed by atoms with E-state index in [0.29, 0.717) is 6.04 Å². The van der Waals surface area contributed by atoms with E-state index in [0.717, 1.165) is 35.5 Å². The lowest BCUT2D eigenvalue weighted by atomic mass is 9.82. The van der Waals surface area contributed by atoms with Crippen LogP contribution in [0, 0.1) is 12.7 Å². The Morgan fingerprint density at radius 2 is 1.88 bits per heavy atom. The van der Waals surface area contributed by atoms with Crippen molar-refractivity contribution >= 4 is 11.7 Å². The van der Waals surface area contributed by atoms with Gasteiger partial charge in [-0.3, -0.25) is 4.79 Å². The summed E-state index contributed by atoms with van der Waals surface area (Å²) in [6.07, 6.45) is 5.79. The lowest BCUT2D eigenvalue weighted by Gasteiger charge is -2.31. The molecule has 0 unspecified atom stereocenters. The topological polar surface area (TPSA) is 72.9 Å². The number of carbonyl (C=O) groups excluding carboxylic acids is 1. The van der Waals surface area contributed by atoms with Crippen molar-refractivity contribution < 1.29 is 9.18 Å². The minimum absolute atomic E-state index is 0.209. The molecule has 0 bridgehead atoms. The predicted molar refractivity (Wildman–Crippen MR) is 93.9 cm³/mol.